The summed E-state index contributed by atoms with van der Waals surface area (Å²) in [5, 5.41) is 0. The van der Waals surface area contributed by atoms with Crippen LogP contribution in [0.4, 0.5) is 0 Å². The van der Waals surface area contributed by atoms with Gasteiger partial charge in [0.15, 0.2) is 12.4 Å². The molecule has 0 saturated carbocycles. The molecule has 2 heterocycles. The summed E-state index contributed by atoms with van der Waals surface area (Å²) >= 11 is 0. The lowest BCUT2D eigenvalue weighted by Crippen LogP contribution is -2.37. The van der Waals surface area contributed by atoms with Gasteiger partial charge in [-0.2, -0.15) is 4.89 Å². The Morgan fingerprint density at radius 2 is 1.82 bits per heavy atom. The van der Waals surface area contributed by atoms with E-state index in [9.17, 15) is 0 Å². The van der Waals surface area contributed by atoms with Gasteiger partial charge in [0.1, 0.15) is 11.5 Å². The van der Waals surface area contributed by atoms with E-state index >= 15 is 0 Å². The second kappa shape index (κ2) is 4.52. The summed E-state index contributed by atoms with van der Waals surface area (Å²) in [5.74, 6) is 1.58. The van der Waals surface area contributed by atoms with Gasteiger partial charge in [0.2, 0.25) is 6.29 Å². The highest BCUT2D eigenvalue weighted by atomic mass is 17.3. The molecule has 5 heteroatoms. The van der Waals surface area contributed by atoms with Gasteiger partial charge in [-0.05, 0) is 30.7 Å². The molecule has 1 aromatic carbocycles. The second-order valence-corrected chi connectivity index (χ2v) is 4.04. The highest BCUT2D eigenvalue weighted by Crippen LogP contribution is 2.31. The van der Waals surface area contributed by atoms with Gasteiger partial charge in [-0.3, -0.25) is 0 Å². The Bertz CT molecular complexity index is 377. The lowest BCUT2D eigenvalue weighted by atomic mass is 10.1. The van der Waals surface area contributed by atoms with Crippen LogP contribution in [-0.4, -0.2) is 25.8 Å². The number of ether oxygens (including phenoxy) is 3. The zero-order valence-corrected chi connectivity index (χ0v) is 9.50. The van der Waals surface area contributed by atoms with Crippen LogP contribution in [0.2, 0.25) is 0 Å². The van der Waals surface area contributed by atoms with Crippen LogP contribution >= 0.6 is 0 Å². The average Bonchev–Trinajstić information content (AvgIpc) is 2.77. The normalized spacial score (nSPS) is 31.2. The Morgan fingerprint density at radius 1 is 1.06 bits per heavy atom. The molecule has 2 aliphatic heterocycles. The Balaban J connectivity index is 1.65. The largest absolute Gasteiger partial charge is 0.497 e. The molecule has 5 nitrogen and oxygen atoms in total. The first kappa shape index (κ1) is 10.8. The van der Waals surface area contributed by atoms with E-state index in [1.165, 1.54) is 0 Å². The van der Waals surface area contributed by atoms with Crippen molar-refractivity contribution in [1.29, 1.82) is 0 Å². The fourth-order valence-electron chi connectivity index (χ4n) is 1.96. The molecule has 0 spiro atoms. The predicted octanol–water partition coefficient (Wildman–Crippen LogP) is 1.87. The van der Waals surface area contributed by atoms with Crippen molar-refractivity contribution in [3.63, 3.8) is 0 Å². The third kappa shape index (κ3) is 2.22. The Morgan fingerprint density at radius 3 is 2.59 bits per heavy atom. The summed E-state index contributed by atoms with van der Waals surface area (Å²) in [5.41, 5.74) is 0. The molecule has 0 unspecified atom stereocenters. The van der Waals surface area contributed by atoms with Crippen LogP contribution in [0, 0.1) is 0 Å². The van der Waals surface area contributed by atoms with E-state index in [-0.39, 0.29) is 12.4 Å². The number of rotatable bonds is 3. The van der Waals surface area contributed by atoms with Gasteiger partial charge in [-0.15, -0.1) is 0 Å². The Kier molecular flexibility index (Phi) is 2.88. The van der Waals surface area contributed by atoms with Gasteiger partial charge in [0, 0.05) is 6.42 Å². The molecule has 1 aromatic rings. The molecule has 17 heavy (non-hydrogen) atoms. The molecular formula is C12H14O5. The van der Waals surface area contributed by atoms with Crippen LogP contribution < -0.4 is 9.47 Å². The minimum Gasteiger partial charge on any atom is -0.497 e. The first-order valence-electron chi connectivity index (χ1n) is 5.63. The van der Waals surface area contributed by atoms with Crippen LogP contribution in [-0.2, 0) is 14.5 Å². The average molecular weight is 238 g/mol. The van der Waals surface area contributed by atoms with Gasteiger partial charge in [-0.25, -0.2) is 4.89 Å². The van der Waals surface area contributed by atoms with Gasteiger partial charge >= 0.3 is 0 Å². The summed E-state index contributed by atoms with van der Waals surface area (Å²) < 4.78 is 16.3. The SMILES string of the molecule is COc1ccc(O[C@H]2CC[C@H]3OO[C@@H]2O3)cc1. The van der Waals surface area contributed by atoms with Crippen molar-refractivity contribution in [2.45, 2.75) is 31.5 Å². The van der Waals surface area contributed by atoms with Crippen molar-refractivity contribution >= 4 is 0 Å². The lowest BCUT2D eigenvalue weighted by Gasteiger charge is -2.25. The van der Waals surface area contributed by atoms with Crippen LogP contribution in [0.25, 0.3) is 0 Å². The van der Waals surface area contributed by atoms with Gasteiger partial charge in [0.25, 0.3) is 0 Å². The molecule has 2 aliphatic rings. The Labute approximate surface area is 99.1 Å². The number of methoxy groups -OCH3 is 1. The summed E-state index contributed by atoms with van der Waals surface area (Å²) in [7, 11) is 1.63. The van der Waals surface area contributed by atoms with Crippen molar-refractivity contribution in [3.05, 3.63) is 24.3 Å². The topological polar surface area (TPSA) is 46.2 Å². The summed E-state index contributed by atoms with van der Waals surface area (Å²) in [6.45, 7) is 0. The first-order chi connectivity index (χ1) is 8.35. The van der Waals surface area contributed by atoms with Crippen molar-refractivity contribution in [2.24, 2.45) is 0 Å². The maximum absolute atomic E-state index is 5.80. The standard InChI is InChI=1S/C12H14O5/c1-13-8-2-4-9(5-3-8)14-10-6-7-11-15-12(10)17-16-11/h2-5,10-12H,6-7H2,1H3/t10-,11+,12-/m0/s1. The number of hydrogen-bond donors (Lipinski definition) is 0. The molecule has 0 radical (unpaired) electrons. The fraction of sp³-hybridized carbons (Fsp3) is 0.500. The maximum atomic E-state index is 5.80. The molecule has 0 aliphatic carbocycles. The zero-order valence-electron chi connectivity index (χ0n) is 9.50. The predicted molar refractivity (Wildman–Crippen MR) is 57.5 cm³/mol. The van der Waals surface area contributed by atoms with Crippen LogP contribution in [0.5, 0.6) is 11.5 Å². The molecule has 2 bridgehead atoms. The van der Waals surface area contributed by atoms with E-state index in [1.807, 2.05) is 24.3 Å². The molecule has 3 atom stereocenters. The molecule has 3 rings (SSSR count). The summed E-state index contributed by atoms with van der Waals surface area (Å²) in [6.07, 6.45) is 0.882. The monoisotopic (exact) mass is 238 g/mol. The number of hydrogen-bond acceptors (Lipinski definition) is 5. The third-order valence-electron chi connectivity index (χ3n) is 2.88. The number of fused-ring (bicyclic) bond motifs is 2. The molecule has 0 N–H and O–H groups in total. The van der Waals surface area contributed by atoms with Crippen LogP contribution in [0.15, 0.2) is 24.3 Å². The van der Waals surface area contributed by atoms with E-state index in [0.29, 0.717) is 0 Å². The van der Waals surface area contributed by atoms with Crippen LogP contribution in [0.1, 0.15) is 12.8 Å². The molecule has 92 valence electrons. The van der Waals surface area contributed by atoms with E-state index in [1.54, 1.807) is 7.11 Å². The van der Waals surface area contributed by atoms with Crippen molar-refractivity contribution in [1.82, 2.24) is 0 Å². The maximum Gasteiger partial charge on any atom is 0.230 e. The molecule has 0 aromatic heterocycles. The van der Waals surface area contributed by atoms with Gasteiger partial charge in [-0.1, -0.05) is 0 Å². The molecular weight excluding hydrogens is 224 g/mol. The minimum absolute atomic E-state index is 0.123. The number of benzene rings is 1. The fourth-order valence-corrected chi connectivity index (χ4v) is 1.96. The second-order valence-electron chi connectivity index (χ2n) is 4.04. The van der Waals surface area contributed by atoms with Gasteiger partial charge in [0.05, 0.1) is 7.11 Å². The van der Waals surface area contributed by atoms with Crippen molar-refractivity contribution in [3.8, 4) is 11.5 Å². The van der Waals surface area contributed by atoms with E-state index in [2.05, 4.69) is 0 Å². The first-order valence-corrected chi connectivity index (χ1v) is 5.63. The molecule has 2 saturated heterocycles. The molecule has 2 fully saturated rings. The van der Waals surface area contributed by atoms with E-state index in [0.717, 1.165) is 24.3 Å². The van der Waals surface area contributed by atoms with Crippen molar-refractivity contribution in [2.75, 3.05) is 7.11 Å². The smallest absolute Gasteiger partial charge is 0.230 e. The molecule has 0 amide bonds. The summed E-state index contributed by atoms with van der Waals surface area (Å²) in [6, 6.07) is 7.43. The minimum atomic E-state index is -0.421. The Hall–Kier alpha value is -1.30. The van der Waals surface area contributed by atoms with Crippen molar-refractivity contribution < 1.29 is 24.0 Å². The highest BCUT2D eigenvalue weighted by Gasteiger charge is 2.41. The zero-order chi connectivity index (χ0) is 11.7. The van der Waals surface area contributed by atoms with E-state index < -0.39 is 6.29 Å². The summed E-state index contributed by atoms with van der Waals surface area (Å²) in [4.78, 5) is 9.99. The third-order valence-corrected chi connectivity index (χ3v) is 2.88. The van der Waals surface area contributed by atoms with Gasteiger partial charge < -0.3 is 14.2 Å². The lowest BCUT2D eigenvalue weighted by molar-refractivity contribution is -0.297. The highest BCUT2D eigenvalue weighted by molar-refractivity contribution is 5.31. The van der Waals surface area contributed by atoms with Crippen LogP contribution in [0.3, 0.4) is 0 Å². The quantitative estimate of drug-likeness (QED) is 0.752. The van der Waals surface area contributed by atoms with E-state index in [4.69, 9.17) is 24.0 Å².